The Bertz CT molecular complexity index is 579. The Balaban J connectivity index is 1.98. The van der Waals surface area contributed by atoms with E-state index in [0.717, 1.165) is 10.5 Å². The molecule has 0 bridgehead atoms. The lowest BCUT2D eigenvalue weighted by Crippen LogP contribution is -2.22. The molecular formula is C15H15NO2S. The molecule has 0 radical (unpaired) electrons. The van der Waals surface area contributed by atoms with E-state index in [4.69, 9.17) is 0 Å². The van der Waals surface area contributed by atoms with Crippen molar-refractivity contribution in [3.8, 4) is 0 Å². The van der Waals surface area contributed by atoms with Gasteiger partial charge in [0.2, 0.25) is 0 Å². The molecule has 0 aliphatic rings. The summed E-state index contributed by atoms with van der Waals surface area (Å²) in [7, 11) is -1.02. The molecule has 2 rings (SSSR count). The van der Waals surface area contributed by atoms with Gasteiger partial charge in [-0.1, -0.05) is 30.3 Å². The first-order valence-corrected chi connectivity index (χ1v) is 7.48. The van der Waals surface area contributed by atoms with Crippen molar-refractivity contribution >= 4 is 16.7 Å². The van der Waals surface area contributed by atoms with Crippen LogP contribution in [-0.2, 0) is 17.3 Å². The van der Waals surface area contributed by atoms with Crippen molar-refractivity contribution in [1.82, 2.24) is 5.32 Å². The van der Waals surface area contributed by atoms with Crippen molar-refractivity contribution in [2.24, 2.45) is 0 Å². The highest BCUT2D eigenvalue weighted by atomic mass is 32.2. The van der Waals surface area contributed by atoms with Crippen LogP contribution in [0.5, 0.6) is 0 Å². The van der Waals surface area contributed by atoms with Gasteiger partial charge in [0.15, 0.2) is 0 Å². The molecule has 3 nitrogen and oxygen atoms in total. The summed E-state index contributed by atoms with van der Waals surface area (Å²) < 4.78 is 11.2. The molecule has 0 aliphatic heterocycles. The van der Waals surface area contributed by atoms with Gasteiger partial charge in [-0.2, -0.15) is 0 Å². The van der Waals surface area contributed by atoms with Crippen LogP contribution >= 0.6 is 0 Å². The number of rotatable bonds is 4. The lowest BCUT2D eigenvalue weighted by Gasteiger charge is -2.05. The zero-order valence-electron chi connectivity index (χ0n) is 10.6. The molecule has 2 aromatic carbocycles. The fourth-order valence-electron chi connectivity index (χ4n) is 1.68. The van der Waals surface area contributed by atoms with Gasteiger partial charge in [0.1, 0.15) is 0 Å². The van der Waals surface area contributed by atoms with E-state index in [1.54, 1.807) is 30.5 Å². The topological polar surface area (TPSA) is 46.2 Å². The molecule has 19 heavy (non-hydrogen) atoms. The molecule has 0 spiro atoms. The Morgan fingerprint density at radius 3 is 2.26 bits per heavy atom. The first-order valence-electron chi connectivity index (χ1n) is 5.92. The van der Waals surface area contributed by atoms with Crippen molar-refractivity contribution in [1.29, 1.82) is 0 Å². The molecular weight excluding hydrogens is 258 g/mol. The molecule has 1 N–H and O–H groups in total. The quantitative estimate of drug-likeness (QED) is 0.929. The van der Waals surface area contributed by atoms with Gasteiger partial charge in [-0.05, 0) is 29.8 Å². The molecule has 0 fully saturated rings. The summed E-state index contributed by atoms with van der Waals surface area (Å²) in [6.45, 7) is 0.501. The van der Waals surface area contributed by atoms with E-state index in [-0.39, 0.29) is 5.91 Å². The third-order valence-corrected chi connectivity index (χ3v) is 3.68. The van der Waals surface area contributed by atoms with Gasteiger partial charge in [-0.25, -0.2) is 0 Å². The Labute approximate surface area is 115 Å². The van der Waals surface area contributed by atoms with E-state index in [0.29, 0.717) is 12.1 Å². The second-order valence-corrected chi connectivity index (χ2v) is 5.53. The highest BCUT2D eigenvalue weighted by molar-refractivity contribution is 7.84. The zero-order chi connectivity index (χ0) is 13.7. The third-order valence-electron chi connectivity index (χ3n) is 2.74. The predicted octanol–water partition coefficient (Wildman–Crippen LogP) is 2.35. The largest absolute Gasteiger partial charge is 0.348 e. The van der Waals surface area contributed by atoms with Crippen LogP contribution in [-0.4, -0.2) is 16.4 Å². The minimum Gasteiger partial charge on any atom is -0.348 e. The molecule has 98 valence electrons. The molecule has 2 aromatic rings. The normalized spacial score (nSPS) is 11.8. The van der Waals surface area contributed by atoms with Gasteiger partial charge in [-0.3, -0.25) is 9.00 Å². The standard InChI is InChI=1S/C15H15NO2S/c1-19(18)14-9-7-13(8-10-14)15(17)16-11-12-5-3-2-4-6-12/h2-10H,11H2,1H3,(H,16,17). The Morgan fingerprint density at radius 2 is 1.68 bits per heavy atom. The molecule has 0 heterocycles. The van der Waals surface area contributed by atoms with Gasteiger partial charge in [0, 0.05) is 34.1 Å². The maximum atomic E-state index is 11.9. The van der Waals surface area contributed by atoms with Crippen LogP contribution in [0.15, 0.2) is 59.5 Å². The highest BCUT2D eigenvalue weighted by Gasteiger charge is 2.05. The smallest absolute Gasteiger partial charge is 0.251 e. The second-order valence-electron chi connectivity index (χ2n) is 4.15. The zero-order valence-corrected chi connectivity index (χ0v) is 11.4. The maximum absolute atomic E-state index is 11.9. The summed E-state index contributed by atoms with van der Waals surface area (Å²) >= 11 is 0. The number of carbonyl (C=O) groups excluding carboxylic acids is 1. The van der Waals surface area contributed by atoms with Crippen molar-refractivity contribution in [2.45, 2.75) is 11.4 Å². The van der Waals surface area contributed by atoms with Crippen molar-refractivity contribution in [3.05, 3.63) is 65.7 Å². The summed E-state index contributed by atoms with van der Waals surface area (Å²) in [6.07, 6.45) is 1.62. The van der Waals surface area contributed by atoms with Crippen LogP contribution in [0.2, 0.25) is 0 Å². The fourth-order valence-corrected chi connectivity index (χ4v) is 2.20. The minimum absolute atomic E-state index is 0.128. The molecule has 1 unspecified atom stereocenters. The van der Waals surface area contributed by atoms with Crippen LogP contribution < -0.4 is 5.32 Å². The minimum atomic E-state index is -1.02. The number of nitrogens with one attached hydrogen (secondary N) is 1. The molecule has 0 saturated heterocycles. The van der Waals surface area contributed by atoms with Crippen LogP contribution in [0.3, 0.4) is 0 Å². The lowest BCUT2D eigenvalue weighted by atomic mass is 10.2. The van der Waals surface area contributed by atoms with Crippen LogP contribution in [0, 0.1) is 0 Å². The van der Waals surface area contributed by atoms with Gasteiger partial charge >= 0.3 is 0 Å². The number of hydrogen-bond donors (Lipinski definition) is 1. The average Bonchev–Trinajstić information content (AvgIpc) is 2.46. The van der Waals surface area contributed by atoms with Crippen molar-refractivity contribution in [2.75, 3.05) is 6.26 Å². The van der Waals surface area contributed by atoms with E-state index in [1.807, 2.05) is 30.3 Å². The first-order chi connectivity index (χ1) is 9.16. The molecule has 0 aliphatic carbocycles. The monoisotopic (exact) mass is 273 g/mol. The second kappa shape index (κ2) is 6.29. The molecule has 0 aromatic heterocycles. The third kappa shape index (κ3) is 3.76. The van der Waals surface area contributed by atoms with E-state index in [9.17, 15) is 9.00 Å². The summed E-state index contributed by atoms with van der Waals surface area (Å²) in [5.41, 5.74) is 1.63. The SMILES string of the molecule is CS(=O)c1ccc(C(=O)NCc2ccccc2)cc1. The van der Waals surface area contributed by atoms with Crippen molar-refractivity contribution in [3.63, 3.8) is 0 Å². The number of hydrogen-bond acceptors (Lipinski definition) is 2. The fraction of sp³-hybridized carbons (Fsp3) is 0.133. The molecule has 4 heteroatoms. The first kappa shape index (κ1) is 13.5. The summed E-state index contributed by atoms with van der Waals surface area (Å²) in [5.74, 6) is -0.128. The number of benzene rings is 2. The number of carbonyl (C=O) groups is 1. The van der Waals surface area contributed by atoms with E-state index >= 15 is 0 Å². The average molecular weight is 273 g/mol. The summed E-state index contributed by atoms with van der Waals surface area (Å²) in [5, 5.41) is 2.85. The maximum Gasteiger partial charge on any atom is 0.251 e. The molecule has 1 amide bonds. The van der Waals surface area contributed by atoms with Crippen LogP contribution in [0.4, 0.5) is 0 Å². The van der Waals surface area contributed by atoms with E-state index in [2.05, 4.69) is 5.32 Å². The Morgan fingerprint density at radius 1 is 1.05 bits per heavy atom. The predicted molar refractivity (Wildman–Crippen MR) is 76.4 cm³/mol. The van der Waals surface area contributed by atoms with Crippen LogP contribution in [0.1, 0.15) is 15.9 Å². The molecule has 0 saturated carbocycles. The van der Waals surface area contributed by atoms with Crippen LogP contribution in [0.25, 0.3) is 0 Å². The summed E-state index contributed by atoms with van der Waals surface area (Å²) in [4.78, 5) is 12.6. The molecule has 1 atom stereocenters. The van der Waals surface area contributed by atoms with E-state index in [1.165, 1.54) is 0 Å². The van der Waals surface area contributed by atoms with Gasteiger partial charge < -0.3 is 5.32 Å². The number of amides is 1. The van der Waals surface area contributed by atoms with Gasteiger partial charge in [0.25, 0.3) is 5.91 Å². The van der Waals surface area contributed by atoms with Gasteiger partial charge in [0.05, 0.1) is 0 Å². The Kier molecular flexibility index (Phi) is 4.47. The highest BCUT2D eigenvalue weighted by Crippen LogP contribution is 2.08. The van der Waals surface area contributed by atoms with Crippen molar-refractivity contribution < 1.29 is 9.00 Å². The lowest BCUT2D eigenvalue weighted by molar-refractivity contribution is 0.0951. The van der Waals surface area contributed by atoms with Gasteiger partial charge in [-0.15, -0.1) is 0 Å². The van der Waals surface area contributed by atoms with E-state index < -0.39 is 10.8 Å². The Hall–Kier alpha value is -1.94. The summed E-state index contributed by atoms with van der Waals surface area (Å²) in [6, 6.07) is 16.6.